The molecule has 0 aromatic heterocycles. The van der Waals surface area contributed by atoms with Gasteiger partial charge in [-0.2, -0.15) is 0 Å². The SMILES string of the molecule is COc1ccc(NCc2cccc(Br)c2)c(OC)c1. The van der Waals surface area contributed by atoms with Gasteiger partial charge in [-0.3, -0.25) is 0 Å². The lowest BCUT2D eigenvalue weighted by molar-refractivity contribution is 0.395. The summed E-state index contributed by atoms with van der Waals surface area (Å²) in [7, 11) is 3.29. The molecule has 0 saturated heterocycles. The lowest BCUT2D eigenvalue weighted by atomic mass is 10.2. The number of nitrogens with one attached hydrogen (secondary N) is 1. The van der Waals surface area contributed by atoms with Gasteiger partial charge in [-0.05, 0) is 29.8 Å². The molecule has 0 spiro atoms. The molecular formula is C15H16BrNO2. The van der Waals surface area contributed by atoms with Crippen molar-refractivity contribution in [2.24, 2.45) is 0 Å². The van der Waals surface area contributed by atoms with Crippen molar-refractivity contribution in [2.75, 3.05) is 19.5 Å². The number of methoxy groups -OCH3 is 2. The number of anilines is 1. The van der Waals surface area contributed by atoms with Gasteiger partial charge in [0.2, 0.25) is 0 Å². The van der Waals surface area contributed by atoms with Gasteiger partial charge in [0.25, 0.3) is 0 Å². The molecular weight excluding hydrogens is 306 g/mol. The molecule has 2 aromatic rings. The second-order valence-corrected chi connectivity index (χ2v) is 4.97. The van der Waals surface area contributed by atoms with E-state index in [0.29, 0.717) is 0 Å². The van der Waals surface area contributed by atoms with Crippen LogP contribution in [0.4, 0.5) is 5.69 Å². The van der Waals surface area contributed by atoms with Crippen LogP contribution >= 0.6 is 15.9 Å². The van der Waals surface area contributed by atoms with E-state index in [-0.39, 0.29) is 0 Å². The fourth-order valence-corrected chi connectivity index (χ4v) is 2.24. The fourth-order valence-electron chi connectivity index (χ4n) is 1.79. The monoisotopic (exact) mass is 321 g/mol. The third-order valence-corrected chi connectivity index (χ3v) is 3.27. The van der Waals surface area contributed by atoms with Gasteiger partial charge in [0.1, 0.15) is 11.5 Å². The topological polar surface area (TPSA) is 30.5 Å². The van der Waals surface area contributed by atoms with Crippen molar-refractivity contribution >= 4 is 21.6 Å². The molecule has 0 aliphatic rings. The van der Waals surface area contributed by atoms with E-state index in [4.69, 9.17) is 9.47 Å². The molecule has 0 radical (unpaired) electrons. The molecule has 0 heterocycles. The van der Waals surface area contributed by atoms with Crippen molar-refractivity contribution in [1.29, 1.82) is 0 Å². The normalized spacial score (nSPS) is 10.1. The van der Waals surface area contributed by atoms with Gasteiger partial charge in [0.05, 0.1) is 19.9 Å². The van der Waals surface area contributed by atoms with Gasteiger partial charge in [-0.25, -0.2) is 0 Å². The summed E-state index contributed by atoms with van der Waals surface area (Å²) in [6.45, 7) is 0.738. The highest BCUT2D eigenvalue weighted by atomic mass is 79.9. The van der Waals surface area contributed by atoms with Crippen LogP contribution in [-0.2, 0) is 6.54 Å². The number of rotatable bonds is 5. The minimum Gasteiger partial charge on any atom is -0.497 e. The van der Waals surface area contributed by atoms with Crippen LogP contribution in [0.3, 0.4) is 0 Å². The Balaban J connectivity index is 2.11. The Morgan fingerprint density at radius 1 is 1.05 bits per heavy atom. The standard InChI is InChI=1S/C15H16BrNO2/c1-18-13-6-7-14(15(9-13)19-2)17-10-11-4-3-5-12(16)8-11/h3-9,17H,10H2,1-2H3. The zero-order valence-electron chi connectivity index (χ0n) is 10.9. The first kappa shape index (κ1) is 13.7. The molecule has 4 heteroatoms. The third kappa shape index (κ3) is 3.64. The maximum absolute atomic E-state index is 5.35. The van der Waals surface area contributed by atoms with Gasteiger partial charge in [0, 0.05) is 17.1 Å². The second kappa shape index (κ2) is 6.48. The van der Waals surface area contributed by atoms with Gasteiger partial charge in [-0.1, -0.05) is 28.1 Å². The molecule has 0 amide bonds. The predicted octanol–water partition coefficient (Wildman–Crippen LogP) is 4.08. The predicted molar refractivity (Wildman–Crippen MR) is 81.0 cm³/mol. The molecule has 19 heavy (non-hydrogen) atoms. The highest BCUT2D eigenvalue weighted by Gasteiger charge is 2.04. The molecule has 0 unspecified atom stereocenters. The maximum Gasteiger partial charge on any atom is 0.145 e. The van der Waals surface area contributed by atoms with E-state index in [1.54, 1.807) is 14.2 Å². The Kier molecular flexibility index (Phi) is 4.68. The van der Waals surface area contributed by atoms with Crippen LogP contribution in [-0.4, -0.2) is 14.2 Å². The van der Waals surface area contributed by atoms with Crippen LogP contribution in [0.25, 0.3) is 0 Å². The quantitative estimate of drug-likeness (QED) is 0.900. The molecule has 0 fully saturated rings. The van der Waals surface area contributed by atoms with Crippen molar-refractivity contribution in [3.63, 3.8) is 0 Å². The molecule has 0 aliphatic carbocycles. The zero-order chi connectivity index (χ0) is 13.7. The number of hydrogen-bond donors (Lipinski definition) is 1. The Bertz CT molecular complexity index is 558. The number of hydrogen-bond acceptors (Lipinski definition) is 3. The van der Waals surface area contributed by atoms with Crippen molar-refractivity contribution in [2.45, 2.75) is 6.54 Å². The Labute approximate surface area is 121 Å². The Hall–Kier alpha value is -1.68. The van der Waals surface area contributed by atoms with Crippen LogP contribution < -0.4 is 14.8 Å². The van der Waals surface area contributed by atoms with E-state index in [2.05, 4.69) is 33.4 Å². The Morgan fingerprint density at radius 3 is 2.58 bits per heavy atom. The maximum atomic E-state index is 5.35. The minimum absolute atomic E-state index is 0.738. The number of benzene rings is 2. The fraction of sp³-hybridized carbons (Fsp3) is 0.200. The number of halogens is 1. The highest BCUT2D eigenvalue weighted by molar-refractivity contribution is 9.10. The Morgan fingerprint density at radius 2 is 1.89 bits per heavy atom. The zero-order valence-corrected chi connectivity index (χ0v) is 12.5. The molecule has 0 saturated carbocycles. The first-order valence-electron chi connectivity index (χ1n) is 5.93. The minimum atomic E-state index is 0.738. The summed E-state index contributed by atoms with van der Waals surface area (Å²) in [6.07, 6.45) is 0. The van der Waals surface area contributed by atoms with Crippen LogP contribution in [0.5, 0.6) is 11.5 Å². The van der Waals surface area contributed by atoms with Crippen molar-refractivity contribution in [1.82, 2.24) is 0 Å². The summed E-state index contributed by atoms with van der Waals surface area (Å²) in [4.78, 5) is 0. The van der Waals surface area contributed by atoms with Gasteiger partial charge in [0.15, 0.2) is 0 Å². The molecule has 100 valence electrons. The highest BCUT2D eigenvalue weighted by Crippen LogP contribution is 2.29. The van der Waals surface area contributed by atoms with Crippen molar-refractivity contribution < 1.29 is 9.47 Å². The largest absolute Gasteiger partial charge is 0.497 e. The van der Waals surface area contributed by atoms with Crippen molar-refractivity contribution in [3.8, 4) is 11.5 Å². The molecule has 0 atom stereocenters. The van der Waals surface area contributed by atoms with E-state index in [1.807, 2.05) is 30.3 Å². The molecule has 2 aromatic carbocycles. The number of ether oxygens (including phenoxy) is 2. The van der Waals surface area contributed by atoms with Gasteiger partial charge in [-0.15, -0.1) is 0 Å². The van der Waals surface area contributed by atoms with Crippen LogP contribution in [0.2, 0.25) is 0 Å². The molecule has 1 N–H and O–H groups in total. The molecule has 2 rings (SSSR count). The average Bonchev–Trinajstić information content (AvgIpc) is 2.45. The smallest absolute Gasteiger partial charge is 0.145 e. The van der Waals surface area contributed by atoms with Gasteiger partial charge < -0.3 is 14.8 Å². The summed E-state index contributed by atoms with van der Waals surface area (Å²) in [5, 5.41) is 3.36. The summed E-state index contributed by atoms with van der Waals surface area (Å²) in [5.74, 6) is 1.55. The van der Waals surface area contributed by atoms with E-state index in [0.717, 1.165) is 28.2 Å². The summed E-state index contributed by atoms with van der Waals surface area (Å²) in [6, 6.07) is 13.9. The molecule has 3 nitrogen and oxygen atoms in total. The lowest BCUT2D eigenvalue weighted by Gasteiger charge is -2.12. The second-order valence-electron chi connectivity index (χ2n) is 4.05. The molecule has 0 aliphatic heterocycles. The third-order valence-electron chi connectivity index (χ3n) is 2.78. The van der Waals surface area contributed by atoms with E-state index < -0.39 is 0 Å². The van der Waals surface area contributed by atoms with Crippen LogP contribution in [0, 0.1) is 0 Å². The first-order valence-corrected chi connectivity index (χ1v) is 6.72. The van der Waals surface area contributed by atoms with E-state index in [1.165, 1.54) is 5.56 Å². The van der Waals surface area contributed by atoms with E-state index >= 15 is 0 Å². The van der Waals surface area contributed by atoms with E-state index in [9.17, 15) is 0 Å². The molecule has 0 bridgehead atoms. The lowest BCUT2D eigenvalue weighted by Crippen LogP contribution is -2.01. The summed E-state index contributed by atoms with van der Waals surface area (Å²) in [5.41, 5.74) is 2.15. The van der Waals surface area contributed by atoms with Crippen molar-refractivity contribution in [3.05, 3.63) is 52.5 Å². The average molecular weight is 322 g/mol. The van der Waals surface area contributed by atoms with Crippen LogP contribution in [0.15, 0.2) is 46.9 Å². The van der Waals surface area contributed by atoms with Crippen LogP contribution in [0.1, 0.15) is 5.56 Å². The summed E-state index contributed by atoms with van der Waals surface area (Å²) < 4.78 is 11.6. The van der Waals surface area contributed by atoms with Gasteiger partial charge >= 0.3 is 0 Å². The summed E-state index contributed by atoms with van der Waals surface area (Å²) >= 11 is 3.47. The first-order chi connectivity index (χ1) is 9.22.